The number of rotatable bonds is 2. The highest BCUT2D eigenvalue weighted by molar-refractivity contribution is 14.1. The highest BCUT2D eigenvalue weighted by atomic mass is 127. The third-order valence-electron chi connectivity index (χ3n) is 3.70. The first-order chi connectivity index (χ1) is 7.81. The highest BCUT2D eigenvalue weighted by Gasteiger charge is 2.35. The molecule has 0 aromatic heterocycles. The topological polar surface area (TPSA) is 12.5 Å². The van der Waals surface area contributed by atoms with Crippen LogP contribution in [-0.4, -0.2) is 30.6 Å². The van der Waals surface area contributed by atoms with Crippen LogP contribution in [0.25, 0.3) is 0 Å². The van der Waals surface area contributed by atoms with Gasteiger partial charge in [-0.3, -0.25) is 4.90 Å². The molecule has 2 bridgehead atoms. The van der Waals surface area contributed by atoms with E-state index in [1.165, 1.54) is 29.5 Å². The Morgan fingerprint density at radius 1 is 1.12 bits per heavy atom. The third kappa shape index (κ3) is 2.20. The van der Waals surface area contributed by atoms with Crippen LogP contribution in [0.2, 0.25) is 0 Å². The maximum atomic E-state index is 6.10. The summed E-state index contributed by atoms with van der Waals surface area (Å²) in [5, 5.41) is 0. The molecule has 16 heavy (non-hydrogen) atoms. The number of piperidine rings is 3. The molecule has 4 rings (SSSR count). The Labute approximate surface area is 110 Å². The van der Waals surface area contributed by atoms with Gasteiger partial charge in [0.2, 0.25) is 0 Å². The van der Waals surface area contributed by atoms with E-state index in [9.17, 15) is 0 Å². The zero-order valence-corrected chi connectivity index (χ0v) is 11.4. The first kappa shape index (κ1) is 10.8. The molecule has 3 aliphatic rings. The van der Waals surface area contributed by atoms with Gasteiger partial charge in [0.05, 0.1) is 0 Å². The van der Waals surface area contributed by atoms with Crippen molar-refractivity contribution in [3.05, 3.63) is 27.8 Å². The Morgan fingerprint density at radius 2 is 1.81 bits per heavy atom. The summed E-state index contributed by atoms with van der Waals surface area (Å²) in [5.74, 6) is 1.81. The van der Waals surface area contributed by atoms with Crippen molar-refractivity contribution >= 4 is 22.6 Å². The second kappa shape index (κ2) is 4.53. The summed E-state index contributed by atoms with van der Waals surface area (Å²) in [5.41, 5.74) is 0. The number of nitrogens with zero attached hydrogens (tertiary/aromatic N) is 1. The van der Waals surface area contributed by atoms with Gasteiger partial charge in [0.1, 0.15) is 11.9 Å². The van der Waals surface area contributed by atoms with Crippen molar-refractivity contribution in [1.29, 1.82) is 0 Å². The minimum absolute atomic E-state index is 0.419. The van der Waals surface area contributed by atoms with Crippen molar-refractivity contribution in [2.24, 2.45) is 5.92 Å². The smallest absolute Gasteiger partial charge is 0.119 e. The lowest BCUT2D eigenvalue weighted by atomic mass is 9.86. The summed E-state index contributed by atoms with van der Waals surface area (Å²) < 4.78 is 7.36. The van der Waals surface area contributed by atoms with Gasteiger partial charge < -0.3 is 4.74 Å². The second-order valence-electron chi connectivity index (χ2n) is 4.75. The molecule has 3 saturated heterocycles. The first-order valence-corrected chi connectivity index (χ1v) is 7.04. The van der Waals surface area contributed by atoms with Crippen LogP contribution in [0.1, 0.15) is 12.8 Å². The molecule has 86 valence electrons. The van der Waals surface area contributed by atoms with Gasteiger partial charge in [0.25, 0.3) is 0 Å². The van der Waals surface area contributed by atoms with Crippen molar-refractivity contribution in [1.82, 2.24) is 4.90 Å². The molecule has 2 nitrogen and oxygen atoms in total. The summed E-state index contributed by atoms with van der Waals surface area (Å²) in [6.45, 7) is 3.67. The summed E-state index contributed by atoms with van der Waals surface area (Å²) in [7, 11) is 0. The zero-order valence-electron chi connectivity index (χ0n) is 9.23. The van der Waals surface area contributed by atoms with Crippen molar-refractivity contribution in [2.75, 3.05) is 19.6 Å². The number of benzene rings is 1. The fourth-order valence-electron chi connectivity index (χ4n) is 2.73. The molecule has 0 N–H and O–H groups in total. The van der Waals surface area contributed by atoms with Gasteiger partial charge in [-0.25, -0.2) is 0 Å². The van der Waals surface area contributed by atoms with E-state index in [-0.39, 0.29) is 0 Å². The quantitative estimate of drug-likeness (QED) is 0.774. The molecule has 1 atom stereocenters. The van der Waals surface area contributed by atoms with Crippen LogP contribution >= 0.6 is 22.6 Å². The fraction of sp³-hybridized carbons (Fsp3) is 0.538. The summed E-state index contributed by atoms with van der Waals surface area (Å²) in [4.78, 5) is 2.53. The van der Waals surface area contributed by atoms with Gasteiger partial charge in [-0.15, -0.1) is 0 Å². The molecule has 3 aliphatic heterocycles. The maximum absolute atomic E-state index is 6.10. The SMILES string of the molecule is Ic1ccc(O[C@@H]2CN3CCC2CC3)cc1. The summed E-state index contributed by atoms with van der Waals surface area (Å²) in [6.07, 6.45) is 3.05. The van der Waals surface area contributed by atoms with Crippen LogP contribution in [0.4, 0.5) is 0 Å². The second-order valence-corrected chi connectivity index (χ2v) is 5.99. The van der Waals surface area contributed by atoms with E-state index in [2.05, 4.69) is 51.8 Å². The molecular formula is C13H16INO. The molecule has 0 aliphatic carbocycles. The Bertz CT molecular complexity index is 357. The lowest BCUT2D eigenvalue weighted by molar-refractivity contribution is -0.00776. The van der Waals surface area contributed by atoms with Crippen molar-refractivity contribution < 1.29 is 4.74 Å². The van der Waals surface area contributed by atoms with Crippen LogP contribution in [0.3, 0.4) is 0 Å². The van der Waals surface area contributed by atoms with E-state index in [4.69, 9.17) is 4.74 Å². The molecule has 3 heterocycles. The molecule has 3 heteroatoms. The standard InChI is InChI=1S/C13H16INO/c14-11-1-3-12(4-2-11)16-13-9-15-7-5-10(13)6-8-15/h1-4,10,13H,5-9H2/t13-/m1/s1. The molecule has 0 radical (unpaired) electrons. The Balaban J connectivity index is 1.68. The predicted molar refractivity (Wildman–Crippen MR) is 72.7 cm³/mol. The number of halogens is 1. The van der Waals surface area contributed by atoms with Crippen LogP contribution in [0.5, 0.6) is 5.75 Å². The van der Waals surface area contributed by atoms with E-state index >= 15 is 0 Å². The summed E-state index contributed by atoms with van der Waals surface area (Å²) in [6, 6.07) is 8.38. The molecule has 3 fully saturated rings. The van der Waals surface area contributed by atoms with E-state index in [0.717, 1.165) is 18.2 Å². The van der Waals surface area contributed by atoms with E-state index < -0.39 is 0 Å². The molecule has 1 aromatic carbocycles. The number of ether oxygens (including phenoxy) is 1. The predicted octanol–water partition coefficient (Wildman–Crippen LogP) is 2.76. The van der Waals surface area contributed by atoms with Gasteiger partial charge in [-0.1, -0.05) is 0 Å². The van der Waals surface area contributed by atoms with Crippen molar-refractivity contribution in [3.8, 4) is 5.75 Å². The van der Waals surface area contributed by atoms with E-state index in [1.807, 2.05) is 0 Å². The monoisotopic (exact) mass is 329 g/mol. The van der Waals surface area contributed by atoms with Gasteiger partial charge in [-0.2, -0.15) is 0 Å². The average Bonchev–Trinajstić information content (AvgIpc) is 2.34. The first-order valence-electron chi connectivity index (χ1n) is 5.96. The molecule has 0 spiro atoms. The Morgan fingerprint density at radius 3 is 2.38 bits per heavy atom. The molecular weight excluding hydrogens is 313 g/mol. The van der Waals surface area contributed by atoms with Crippen LogP contribution in [0.15, 0.2) is 24.3 Å². The van der Waals surface area contributed by atoms with Gasteiger partial charge in [-0.05, 0) is 78.7 Å². The van der Waals surface area contributed by atoms with Crippen LogP contribution in [-0.2, 0) is 0 Å². The number of hydrogen-bond donors (Lipinski definition) is 0. The fourth-order valence-corrected chi connectivity index (χ4v) is 3.09. The summed E-state index contributed by atoms with van der Waals surface area (Å²) >= 11 is 2.32. The lowest BCUT2D eigenvalue weighted by Gasteiger charge is -2.44. The molecule has 0 saturated carbocycles. The normalized spacial score (nSPS) is 32.7. The van der Waals surface area contributed by atoms with Gasteiger partial charge in [0.15, 0.2) is 0 Å². The highest BCUT2D eigenvalue weighted by Crippen LogP contribution is 2.30. The maximum Gasteiger partial charge on any atom is 0.119 e. The van der Waals surface area contributed by atoms with E-state index in [1.54, 1.807) is 0 Å². The Kier molecular flexibility index (Phi) is 3.07. The average molecular weight is 329 g/mol. The minimum Gasteiger partial charge on any atom is -0.489 e. The minimum atomic E-state index is 0.419. The number of fused-ring (bicyclic) bond motifs is 3. The van der Waals surface area contributed by atoms with Gasteiger partial charge >= 0.3 is 0 Å². The number of hydrogen-bond acceptors (Lipinski definition) is 2. The lowest BCUT2D eigenvalue weighted by Crippen LogP contribution is -2.52. The van der Waals surface area contributed by atoms with Gasteiger partial charge in [0, 0.05) is 10.1 Å². The van der Waals surface area contributed by atoms with Crippen LogP contribution in [0, 0.1) is 9.49 Å². The van der Waals surface area contributed by atoms with Crippen molar-refractivity contribution in [2.45, 2.75) is 18.9 Å². The van der Waals surface area contributed by atoms with Crippen LogP contribution < -0.4 is 4.74 Å². The Hall–Kier alpha value is -0.290. The largest absolute Gasteiger partial charge is 0.489 e. The van der Waals surface area contributed by atoms with E-state index in [0.29, 0.717) is 6.10 Å². The third-order valence-corrected chi connectivity index (χ3v) is 4.42. The molecule has 1 aromatic rings. The molecule has 0 unspecified atom stereocenters. The zero-order chi connectivity index (χ0) is 11.0. The van der Waals surface area contributed by atoms with Crippen molar-refractivity contribution in [3.63, 3.8) is 0 Å². The molecule has 0 amide bonds.